The zero-order chi connectivity index (χ0) is 13.8. The van der Waals surface area contributed by atoms with Gasteiger partial charge >= 0.3 is 5.97 Å². The lowest BCUT2D eigenvalue weighted by atomic mass is 10.3. The summed E-state index contributed by atoms with van der Waals surface area (Å²) in [5, 5.41) is 10.4. The van der Waals surface area contributed by atoms with Crippen molar-refractivity contribution in [1.82, 2.24) is 0 Å². The van der Waals surface area contributed by atoms with E-state index in [1.807, 2.05) is 0 Å². The van der Waals surface area contributed by atoms with Gasteiger partial charge < -0.3 is 4.74 Å². The van der Waals surface area contributed by atoms with Gasteiger partial charge in [-0.2, -0.15) is 8.42 Å². The highest BCUT2D eigenvalue weighted by molar-refractivity contribution is 7.86. The van der Waals surface area contributed by atoms with Crippen molar-refractivity contribution in [1.29, 1.82) is 0 Å². The van der Waals surface area contributed by atoms with Crippen LogP contribution in [0.2, 0.25) is 0 Å². The number of ether oxygens (including phenoxy) is 1. The van der Waals surface area contributed by atoms with E-state index >= 15 is 0 Å². The van der Waals surface area contributed by atoms with E-state index in [0.717, 1.165) is 31.2 Å². The maximum atomic E-state index is 11.5. The Morgan fingerprint density at radius 1 is 1.33 bits per heavy atom. The third kappa shape index (κ3) is 3.79. The van der Waals surface area contributed by atoms with Crippen LogP contribution in [0.3, 0.4) is 0 Å². The molecule has 18 heavy (non-hydrogen) atoms. The van der Waals surface area contributed by atoms with Crippen molar-refractivity contribution in [3.05, 3.63) is 34.4 Å². The number of rotatable bonds is 5. The van der Waals surface area contributed by atoms with Gasteiger partial charge in [-0.25, -0.2) is 4.18 Å². The summed E-state index contributed by atoms with van der Waals surface area (Å²) in [6.07, 6.45) is 0. The highest BCUT2D eigenvalue weighted by Crippen LogP contribution is 2.17. The molecule has 0 amide bonds. The van der Waals surface area contributed by atoms with E-state index in [9.17, 15) is 23.3 Å². The second-order valence-corrected chi connectivity index (χ2v) is 4.69. The first kappa shape index (κ1) is 14.1. The van der Waals surface area contributed by atoms with Crippen molar-refractivity contribution in [3.8, 4) is 0 Å². The first-order valence-corrected chi connectivity index (χ1v) is 6.01. The summed E-state index contributed by atoms with van der Waals surface area (Å²) in [7, 11) is -4.10. The van der Waals surface area contributed by atoms with Gasteiger partial charge in [-0.05, 0) is 12.1 Å². The number of non-ortho nitro benzene ring substituents is 1. The van der Waals surface area contributed by atoms with E-state index in [1.54, 1.807) is 0 Å². The normalized spacial score (nSPS) is 10.9. The number of hydrogen-bond donors (Lipinski definition) is 0. The van der Waals surface area contributed by atoms with Crippen molar-refractivity contribution in [2.75, 3.05) is 6.79 Å². The number of carbonyl (C=O) groups excluding carboxylic acids is 1. The molecule has 0 heterocycles. The van der Waals surface area contributed by atoms with E-state index in [0.29, 0.717) is 0 Å². The summed E-state index contributed by atoms with van der Waals surface area (Å²) in [6.45, 7) is 0.358. The molecule has 0 atom stereocenters. The van der Waals surface area contributed by atoms with Gasteiger partial charge in [-0.15, -0.1) is 0 Å². The van der Waals surface area contributed by atoms with Crippen LogP contribution in [0.4, 0.5) is 5.69 Å². The van der Waals surface area contributed by atoms with Gasteiger partial charge in [-0.1, -0.05) is 0 Å². The largest absolute Gasteiger partial charge is 0.437 e. The molecule has 0 fully saturated rings. The number of esters is 1. The molecule has 9 heteroatoms. The Hall–Kier alpha value is -2.00. The molecule has 0 aliphatic rings. The number of hydrogen-bond acceptors (Lipinski definition) is 7. The van der Waals surface area contributed by atoms with Gasteiger partial charge in [0.1, 0.15) is 0 Å². The standard InChI is InChI=1S/C9H9NO7S/c1-7(11)16-6-17-18(14,15)9-4-2-8(3-5-9)10(12)13/h2-5H,6H2,1H3. The Balaban J connectivity index is 2.79. The Bertz CT molecular complexity index is 549. The molecule has 8 nitrogen and oxygen atoms in total. The van der Waals surface area contributed by atoms with Crippen LogP contribution in [0.15, 0.2) is 29.2 Å². The summed E-state index contributed by atoms with van der Waals surface area (Å²) in [5.41, 5.74) is -0.242. The molecule has 0 N–H and O–H groups in total. The van der Waals surface area contributed by atoms with Crippen LogP contribution >= 0.6 is 0 Å². The van der Waals surface area contributed by atoms with Crippen molar-refractivity contribution < 1.29 is 27.1 Å². The average Bonchev–Trinajstić information content (AvgIpc) is 2.28. The minimum atomic E-state index is -4.10. The molecule has 0 unspecified atom stereocenters. The Kier molecular flexibility index (Phi) is 4.34. The molecule has 0 aliphatic heterocycles. The summed E-state index contributed by atoms with van der Waals surface area (Å²) in [6, 6.07) is 4.12. The second-order valence-electron chi connectivity index (χ2n) is 3.08. The van der Waals surface area contributed by atoms with Crippen molar-refractivity contribution in [2.24, 2.45) is 0 Å². The van der Waals surface area contributed by atoms with E-state index in [2.05, 4.69) is 8.92 Å². The molecule has 98 valence electrons. The summed E-state index contributed by atoms with van der Waals surface area (Å²) >= 11 is 0. The average molecular weight is 275 g/mol. The lowest BCUT2D eigenvalue weighted by molar-refractivity contribution is -0.384. The SMILES string of the molecule is CC(=O)OCOS(=O)(=O)c1ccc([N+](=O)[O-])cc1. The maximum Gasteiger partial charge on any atom is 0.304 e. The van der Waals surface area contributed by atoms with E-state index < -0.39 is 27.8 Å². The molecule has 0 aliphatic carbocycles. The zero-order valence-corrected chi connectivity index (χ0v) is 10.0. The predicted octanol–water partition coefficient (Wildman–Crippen LogP) is 0.821. The van der Waals surface area contributed by atoms with E-state index in [1.165, 1.54) is 0 Å². The molecule has 0 saturated carbocycles. The van der Waals surface area contributed by atoms with E-state index in [4.69, 9.17) is 0 Å². The number of benzene rings is 1. The minimum Gasteiger partial charge on any atom is -0.437 e. The van der Waals surface area contributed by atoms with Crippen LogP contribution < -0.4 is 0 Å². The fourth-order valence-corrected chi connectivity index (χ4v) is 1.75. The monoisotopic (exact) mass is 275 g/mol. The molecule has 1 aromatic carbocycles. The zero-order valence-electron chi connectivity index (χ0n) is 9.23. The smallest absolute Gasteiger partial charge is 0.304 e. The van der Waals surface area contributed by atoms with Crippen LogP contribution in [-0.4, -0.2) is 26.1 Å². The number of nitro groups is 1. The molecule has 0 spiro atoms. The number of carbonyl (C=O) groups is 1. The third-order valence-corrected chi connectivity index (χ3v) is 3.06. The summed E-state index contributed by atoms with van der Waals surface area (Å²) in [4.78, 5) is 19.9. The second kappa shape index (κ2) is 5.56. The van der Waals surface area contributed by atoms with Gasteiger partial charge in [0.25, 0.3) is 15.8 Å². The first-order chi connectivity index (χ1) is 8.33. The molecule has 0 radical (unpaired) electrons. The minimum absolute atomic E-state index is 0.242. The van der Waals surface area contributed by atoms with E-state index in [-0.39, 0.29) is 10.6 Å². The Labute approximate surface area is 102 Å². The Morgan fingerprint density at radius 2 is 1.89 bits per heavy atom. The number of nitro benzene ring substituents is 1. The van der Waals surface area contributed by atoms with Gasteiger partial charge in [0.2, 0.25) is 6.79 Å². The molecule has 0 bridgehead atoms. The van der Waals surface area contributed by atoms with Gasteiger partial charge in [-0.3, -0.25) is 14.9 Å². The predicted molar refractivity (Wildman–Crippen MR) is 58.0 cm³/mol. The van der Waals surface area contributed by atoms with Crippen LogP contribution in [0.5, 0.6) is 0 Å². The highest BCUT2D eigenvalue weighted by Gasteiger charge is 2.17. The third-order valence-electron chi connectivity index (χ3n) is 1.80. The summed E-state index contributed by atoms with van der Waals surface area (Å²) in [5.74, 6) is -0.686. The first-order valence-electron chi connectivity index (χ1n) is 4.60. The molecular weight excluding hydrogens is 266 g/mol. The fraction of sp³-hybridized carbons (Fsp3) is 0.222. The van der Waals surface area contributed by atoms with Crippen molar-refractivity contribution in [2.45, 2.75) is 11.8 Å². The lowest BCUT2D eigenvalue weighted by Gasteiger charge is -2.05. The highest BCUT2D eigenvalue weighted by atomic mass is 32.2. The number of nitrogens with zero attached hydrogens (tertiary/aromatic N) is 1. The van der Waals surface area contributed by atoms with Crippen LogP contribution in [-0.2, 0) is 23.8 Å². The fourth-order valence-electron chi connectivity index (χ4n) is 0.973. The van der Waals surface area contributed by atoms with Crippen LogP contribution in [0.25, 0.3) is 0 Å². The molecule has 0 aromatic heterocycles. The topological polar surface area (TPSA) is 113 Å². The quantitative estimate of drug-likeness (QED) is 0.257. The molecule has 1 rings (SSSR count). The lowest BCUT2D eigenvalue weighted by Crippen LogP contribution is -2.11. The van der Waals surface area contributed by atoms with Gasteiger partial charge in [0, 0.05) is 19.1 Å². The molecule has 0 saturated heterocycles. The molecule has 1 aromatic rings. The maximum absolute atomic E-state index is 11.5. The van der Waals surface area contributed by atoms with Gasteiger partial charge in [0.05, 0.1) is 9.82 Å². The van der Waals surface area contributed by atoms with Crippen molar-refractivity contribution >= 4 is 21.8 Å². The van der Waals surface area contributed by atoms with Crippen LogP contribution in [0.1, 0.15) is 6.92 Å². The van der Waals surface area contributed by atoms with Crippen LogP contribution in [0, 0.1) is 10.1 Å². The van der Waals surface area contributed by atoms with Crippen molar-refractivity contribution in [3.63, 3.8) is 0 Å². The Morgan fingerprint density at radius 3 is 2.33 bits per heavy atom. The summed E-state index contributed by atoms with van der Waals surface area (Å²) < 4.78 is 31.7. The molecular formula is C9H9NO7S. The van der Waals surface area contributed by atoms with Gasteiger partial charge in [0.15, 0.2) is 0 Å².